The molecular weight excluding hydrogens is 534 g/mol. The van der Waals surface area contributed by atoms with Crippen LogP contribution in [0.2, 0.25) is 0 Å². The lowest BCUT2D eigenvalue weighted by atomic mass is 10.2. The monoisotopic (exact) mass is 565 g/mol. The molecule has 0 N–H and O–H groups in total. The van der Waals surface area contributed by atoms with Gasteiger partial charge in [0.2, 0.25) is 0 Å². The van der Waals surface area contributed by atoms with E-state index in [1.165, 1.54) is 27.8 Å². The molecule has 0 spiro atoms. The minimum atomic E-state index is -3.80. The van der Waals surface area contributed by atoms with Crippen molar-refractivity contribution in [3.63, 3.8) is 0 Å². The lowest BCUT2D eigenvalue weighted by Crippen LogP contribution is -2.37. The van der Waals surface area contributed by atoms with E-state index < -0.39 is 10.0 Å². The van der Waals surface area contributed by atoms with Crippen LogP contribution in [0.5, 0.6) is 5.75 Å². The van der Waals surface area contributed by atoms with Crippen LogP contribution in [0.3, 0.4) is 0 Å². The van der Waals surface area contributed by atoms with Crippen LogP contribution in [0.25, 0.3) is 10.2 Å². The lowest BCUT2D eigenvalue weighted by Gasteiger charge is -2.24. The van der Waals surface area contributed by atoms with Gasteiger partial charge in [-0.15, -0.1) is 0 Å². The van der Waals surface area contributed by atoms with Crippen LogP contribution in [0, 0.1) is 6.92 Å². The van der Waals surface area contributed by atoms with E-state index in [0.29, 0.717) is 40.8 Å². The number of aryl methyl sites for hydroxylation is 1. The highest BCUT2D eigenvalue weighted by atomic mass is 32.2. The highest BCUT2D eigenvalue weighted by Crippen LogP contribution is 2.37. The lowest BCUT2D eigenvalue weighted by molar-refractivity contribution is 0.0917. The summed E-state index contributed by atoms with van der Waals surface area (Å²) < 4.78 is 40.5. The summed E-state index contributed by atoms with van der Waals surface area (Å²) >= 11 is 1.44. The Bertz CT molecular complexity index is 1560. The van der Waals surface area contributed by atoms with Crippen molar-refractivity contribution in [3.05, 3.63) is 77.9 Å². The maximum Gasteiger partial charge on any atom is 0.264 e. The summed E-state index contributed by atoms with van der Waals surface area (Å²) in [6, 6.07) is 18.9. The highest BCUT2D eigenvalue weighted by Gasteiger charge is 2.29. The molecule has 2 heterocycles. The number of rotatable bonds is 9. The normalized spacial score (nSPS) is 15.4. The van der Waals surface area contributed by atoms with Crippen LogP contribution in [0.4, 0.5) is 10.8 Å². The topological polar surface area (TPSA) is 89.0 Å². The van der Waals surface area contributed by atoms with Gasteiger partial charge in [-0.3, -0.25) is 14.0 Å². The second-order valence-corrected chi connectivity index (χ2v) is 12.2. The second kappa shape index (κ2) is 11.3. The molecule has 1 aliphatic heterocycles. The van der Waals surface area contributed by atoms with Gasteiger partial charge in [0, 0.05) is 18.7 Å². The Kier molecular flexibility index (Phi) is 7.88. The average molecular weight is 566 g/mol. The molecule has 1 atom stereocenters. The number of para-hydroxylation sites is 1. The van der Waals surface area contributed by atoms with E-state index in [1.54, 1.807) is 55.3 Å². The number of carbonyl (C=O) groups excluding carboxylic acids is 1. The fourth-order valence-corrected chi connectivity index (χ4v) is 7.29. The van der Waals surface area contributed by atoms with E-state index in [1.807, 2.05) is 25.1 Å². The van der Waals surface area contributed by atoms with Gasteiger partial charge in [0.1, 0.15) is 11.3 Å². The highest BCUT2D eigenvalue weighted by molar-refractivity contribution is 7.92. The molecule has 1 fully saturated rings. The second-order valence-electron chi connectivity index (χ2n) is 9.34. The van der Waals surface area contributed by atoms with Gasteiger partial charge in [-0.1, -0.05) is 35.6 Å². The number of thiazole rings is 1. The molecule has 0 saturated carbocycles. The van der Waals surface area contributed by atoms with Crippen LogP contribution in [0.1, 0.15) is 35.7 Å². The van der Waals surface area contributed by atoms with E-state index in [4.69, 9.17) is 14.5 Å². The van der Waals surface area contributed by atoms with Crippen LogP contribution >= 0.6 is 11.3 Å². The van der Waals surface area contributed by atoms with E-state index >= 15 is 0 Å². The molecule has 4 aromatic rings. The Morgan fingerprint density at radius 1 is 1.10 bits per heavy atom. The Morgan fingerprint density at radius 2 is 1.85 bits per heavy atom. The van der Waals surface area contributed by atoms with E-state index in [-0.39, 0.29) is 23.5 Å². The molecule has 1 amide bonds. The number of sulfonamides is 1. The summed E-state index contributed by atoms with van der Waals surface area (Å²) in [4.78, 5) is 20.4. The molecule has 1 aliphatic rings. The number of anilines is 2. The van der Waals surface area contributed by atoms with Gasteiger partial charge < -0.3 is 9.47 Å². The summed E-state index contributed by atoms with van der Waals surface area (Å²) in [6.45, 7) is 5.10. The fraction of sp³-hybridized carbons (Fsp3) is 0.310. The number of fused-ring (bicyclic) bond motifs is 1. The van der Waals surface area contributed by atoms with Crippen LogP contribution in [-0.4, -0.2) is 52.2 Å². The Morgan fingerprint density at radius 3 is 2.49 bits per heavy atom. The smallest absolute Gasteiger partial charge is 0.264 e. The summed E-state index contributed by atoms with van der Waals surface area (Å²) in [5, 5.41) is 0.552. The number of hydrogen-bond donors (Lipinski definition) is 0. The molecule has 1 unspecified atom stereocenters. The van der Waals surface area contributed by atoms with Gasteiger partial charge in [-0.25, -0.2) is 13.4 Å². The number of amides is 1. The predicted molar refractivity (Wildman–Crippen MR) is 155 cm³/mol. The molecule has 0 aliphatic carbocycles. The SMILES string of the molecule is CCN(c1ccccc1)S(=O)(=O)c1ccc(C(=O)N(CC2CCCO2)c2nc3c(OC)ccc(C)c3s2)cc1. The van der Waals surface area contributed by atoms with Gasteiger partial charge in [-0.05, 0) is 74.7 Å². The molecule has 39 heavy (non-hydrogen) atoms. The number of ether oxygens (including phenoxy) is 2. The number of benzene rings is 3. The minimum absolute atomic E-state index is 0.0902. The first-order valence-electron chi connectivity index (χ1n) is 12.9. The van der Waals surface area contributed by atoms with Crippen LogP contribution in [0.15, 0.2) is 71.6 Å². The number of methoxy groups -OCH3 is 1. The Balaban J connectivity index is 1.48. The van der Waals surface area contributed by atoms with Crippen molar-refractivity contribution in [2.24, 2.45) is 0 Å². The molecule has 10 heteroatoms. The summed E-state index contributed by atoms with van der Waals surface area (Å²) in [5.41, 5.74) is 2.72. The van der Waals surface area contributed by atoms with Gasteiger partial charge in [0.15, 0.2) is 5.13 Å². The standard InChI is InChI=1S/C29H31N3O5S2/c1-4-32(22-9-6-5-7-10-22)39(34,35)24-15-13-21(14-16-24)28(33)31(19-23-11-8-18-37-23)29-30-26-25(36-3)17-12-20(2)27(26)38-29/h5-7,9-10,12-17,23H,4,8,11,18-19H2,1-3H3. The van der Waals surface area contributed by atoms with Crippen LogP contribution < -0.4 is 13.9 Å². The maximum absolute atomic E-state index is 13.9. The van der Waals surface area contributed by atoms with Crippen molar-refractivity contribution in [2.45, 2.75) is 37.7 Å². The first-order valence-corrected chi connectivity index (χ1v) is 15.1. The molecule has 3 aromatic carbocycles. The quantitative estimate of drug-likeness (QED) is 0.260. The largest absolute Gasteiger partial charge is 0.494 e. The zero-order valence-electron chi connectivity index (χ0n) is 22.2. The third-order valence-corrected chi connectivity index (χ3v) is 9.95. The fourth-order valence-electron chi connectivity index (χ4n) is 4.76. The zero-order chi connectivity index (χ0) is 27.6. The third-order valence-electron chi connectivity index (χ3n) is 6.82. The van der Waals surface area contributed by atoms with Gasteiger partial charge >= 0.3 is 0 Å². The first kappa shape index (κ1) is 27.1. The molecular formula is C29H31N3O5S2. The summed E-state index contributed by atoms with van der Waals surface area (Å²) in [5.74, 6) is 0.386. The Labute approximate surface area is 232 Å². The molecule has 1 saturated heterocycles. The Hall–Kier alpha value is -3.47. The van der Waals surface area contributed by atoms with Crippen molar-refractivity contribution in [1.29, 1.82) is 0 Å². The van der Waals surface area contributed by atoms with Crippen molar-refractivity contribution in [1.82, 2.24) is 4.98 Å². The molecule has 204 valence electrons. The van der Waals surface area contributed by atoms with Crippen molar-refractivity contribution in [2.75, 3.05) is 36.0 Å². The molecule has 1 aromatic heterocycles. The first-order chi connectivity index (χ1) is 18.8. The number of carbonyl (C=O) groups is 1. The van der Waals surface area contributed by atoms with Gasteiger partial charge in [0.25, 0.3) is 15.9 Å². The molecule has 8 nitrogen and oxygen atoms in total. The van der Waals surface area contributed by atoms with Gasteiger partial charge in [0.05, 0.1) is 35.0 Å². The number of aromatic nitrogens is 1. The number of nitrogens with zero attached hydrogens (tertiary/aromatic N) is 3. The summed E-state index contributed by atoms with van der Waals surface area (Å²) in [7, 11) is -2.20. The van der Waals surface area contributed by atoms with Crippen molar-refractivity contribution >= 4 is 48.3 Å². The van der Waals surface area contributed by atoms with Crippen LogP contribution in [-0.2, 0) is 14.8 Å². The molecule has 0 bridgehead atoms. The van der Waals surface area contributed by atoms with Gasteiger partial charge in [-0.2, -0.15) is 0 Å². The third kappa shape index (κ3) is 5.36. The predicted octanol–water partition coefficient (Wildman–Crippen LogP) is 5.65. The van der Waals surface area contributed by atoms with E-state index in [2.05, 4.69) is 0 Å². The summed E-state index contributed by atoms with van der Waals surface area (Å²) in [6.07, 6.45) is 1.72. The molecule has 5 rings (SSSR count). The average Bonchev–Trinajstić information content (AvgIpc) is 3.63. The van der Waals surface area contributed by atoms with Crippen molar-refractivity contribution in [3.8, 4) is 5.75 Å². The zero-order valence-corrected chi connectivity index (χ0v) is 23.8. The minimum Gasteiger partial charge on any atom is -0.494 e. The van der Waals surface area contributed by atoms with Crippen molar-refractivity contribution < 1.29 is 22.7 Å². The molecule has 0 radical (unpaired) electrons. The maximum atomic E-state index is 13.9. The van der Waals surface area contributed by atoms with E-state index in [0.717, 1.165) is 23.1 Å². The number of hydrogen-bond acceptors (Lipinski definition) is 7. The van der Waals surface area contributed by atoms with E-state index in [9.17, 15) is 13.2 Å².